The van der Waals surface area contributed by atoms with Crippen molar-refractivity contribution in [2.24, 2.45) is 0 Å². The van der Waals surface area contributed by atoms with Gasteiger partial charge in [-0.1, -0.05) is 22.6 Å². The van der Waals surface area contributed by atoms with Gasteiger partial charge in [-0.3, -0.25) is 0 Å². The summed E-state index contributed by atoms with van der Waals surface area (Å²) < 4.78 is 51.4. The molecule has 0 aliphatic rings. The Morgan fingerprint density at radius 1 is 0.923 bits per heavy atom. The summed E-state index contributed by atoms with van der Waals surface area (Å²) in [7, 11) is 0. The Balaban J connectivity index is 3.56. The highest BCUT2D eigenvalue weighted by atomic mass is 127. The fraction of sp³-hybridized carbons (Fsp3) is 0.250. The molecular formula is C8H5F4I. The van der Waals surface area contributed by atoms with Crippen LogP contribution < -0.4 is 0 Å². The molecule has 0 N–H and O–H groups in total. The fourth-order valence-electron chi connectivity index (χ4n) is 0.904. The first-order valence-corrected chi connectivity index (χ1v) is 4.90. The summed E-state index contributed by atoms with van der Waals surface area (Å²) in [5.41, 5.74) is -1.18. The quantitative estimate of drug-likeness (QED) is 0.322. The van der Waals surface area contributed by atoms with Crippen molar-refractivity contribution < 1.29 is 17.6 Å². The molecule has 1 aromatic carbocycles. The molecule has 13 heavy (non-hydrogen) atoms. The molecule has 0 aliphatic heterocycles. The topological polar surface area (TPSA) is 0 Å². The van der Waals surface area contributed by atoms with Crippen LogP contribution in [0.2, 0.25) is 0 Å². The summed E-state index contributed by atoms with van der Waals surface area (Å²) in [6.07, 6.45) is 0. The molecule has 0 fully saturated rings. The van der Waals surface area contributed by atoms with Crippen LogP contribution >= 0.6 is 22.6 Å². The maximum atomic E-state index is 12.9. The maximum Gasteiger partial charge on any atom is 0.166 e. The van der Waals surface area contributed by atoms with E-state index in [1.807, 2.05) is 0 Å². The van der Waals surface area contributed by atoms with Crippen molar-refractivity contribution in [3.05, 3.63) is 34.4 Å². The zero-order valence-electron chi connectivity index (χ0n) is 6.60. The highest BCUT2D eigenvalue weighted by molar-refractivity contribution is 14.1. The van der Waals surface area contributed by atoms with E-state index in [0.29, 0.717) is 0 Å². The van der Waals surface area contributed by atoms with Gasteiger partial charge in [0.15, 0.2) is 23.3 Å². The van der Waals surface area contributed by atoms with Gasteiger partial charge in [0.1, 0.15) is 0 Å². The zero-order chi connectivity index (χ0) is 10.2. The van der Waals surface area contributed by atoms with Crippen molar-refractivity contribution in [1.82, 2.24) is 0 Å². The van der Waals surface area contributed by atoms with E-state index >= 15 is 0 Å². The summed E-state index contributed by atoms with van der Waals surface area (Å²) >= 11 is 1.64. The first-order valence-electron chi connectivity index (χ1n) is 3.38. The predicted octanol–water partition coefficient (Wildman–Crippen LogP) is 3.49. The van der Waals surface area contributed by atoms with Gasteiger partial charge >= 0.3 is 0 Å². The van der Waals surface area contributed by atoms with Crippen molar-refractivity contribution >= 4 is 22.6 Å². The van der Waals surface area contributed by atoms with Crippen LogP contribution in [0, 0.1) is 30.2 Å². The first-order chi connectivity index (χ1) is 6.00. The average molecular weight is 304 g/mol. The van der Waals surface area contributed by atoms with Crippen LogP contribution in [0.15, 0.2) is 0 Å². The highest BCUT2D eigenvalue weighted by Gasteiger charge is 2.21. The van der Waals surface area contributed by atoms with Crippen LogP contribution in [-0.4, -0.2) is 0 Å². The number of halogens is 5. The van der Waals surface area contributed by atoms with E-state index in [4.69, 9.17) is 0 Å². The molecule has 0 heterocycles. The molecule has 0 nitrogen and oxygen atoms in total. The smallest absolute Gasteiger partial charge is 0.166 e. The Morgan fingerprint density at radius 3 is 1.62 bits per heavy atom. The van der Waals surface area contributed by atoms with Gasteiger partial charge in [0.05, 0.1) is 0 Å². The van der Waals surface area contributed by atoms with Gasteiger partial charge in [-0.2, -0.15) is 0 Å². The number of alkyl halides is 1. The lowest BCUT2D eigenvalue weighted by Gasteiger charge is -2.06. The van der Waals surface area contributed by atoms with Crippen LogP contribution in [0.4, 0.5) is 17.6 Å². The zero-order valence-corrected chi connectivity index (χ0v) is 8.75. The molecule has 0 aromatic heterocycles. The van der Waals surface area contributed by atoms with Crippen molar-refractivity contribution in [3.63, 3.8) is 0 Å². The number of hydrogen-bond donors (Lipinski definition) is 0. The Bertz CT molecular complexity index is 319. The van der Waals surface area contributed by atoms with Crippen LogP contribution in [0.25, 0.3) is 0 Å². The molecule has 72 valence electrons. The van der Waals surface area contributed by atoms with Gasteiger partial charge < -0.3 is 0 Å². The minimum atomic E-state index is -1.31. The molecule has 1 aromatic rings. The molecule has 5 heteroatoms. The lowest BCUT2D eigenvalue weighted by molar-refractivity contribution is 0.436. The molecule has 0 radical (unpaired) electrons. The van der Waals surface area contributed by atoms with Crippen molar-refractivity contribution in [2.45, 2.75) is 11.4 Å². The second-order valence-electron chi connectivity index (χ2n) is 2.49. The Labute approximate surface area is 86.1 Å². The van der Waals surface area contributed by atoms with Gasteiger partial charge in [0.25, 0.3) is 0 Å². The van der Waals surface area contributed by atoms with E-state index in [2.05, 4.69) is 0 Å². The second kappa shape index (κ2) is 3.81. The molecule has 0 unspecified atom stereocenters. The van der Waals surface area contributed by atoms with E-state index in [9.17, 15) is 17.6 Å². The van der Waals surface area contributed by atoms with Gasteiger partial charge in [-0.15, -0.1) is 0 Å². The van der Waals surface area contributed by atoms with Crippen molar-refractivity contribution in [2.75, 3.05) is 0 Å². The van der Waals surface area contributed by atoms with Gasteiger partial charge in [0, 0.05) is 15.6 Å². The van der Waals surface area contributed by atoms with Gasteiger partial charge in [0.2, 0.25) is 0 Å². The summed E-state index contributed by atoms with van der Waals surface area (Å²) in [6, 6.07) is 0. The average Bonchev–Trinajstić information content (AvgIpc) is 2.13. The minimum Gasteiger partial charge on any atom is -0.203 e. The Morgan fingerprint density at radius 2 is 1.31 bits per heavy atom. The number of hydrogen-bond acceptors (Lipinski definition) is 0. The summed E-state index contributed by atoms with van der Waals surface area (Å²) in [4.78, 5) is 0. The molecule has 1 rings (SSSR count). The second-order valence-corrected chi connectivity index (χ2v) is 3.26. The molecule has 0 bridgehead atoms. The van der Waals surface area contributed by atoms with Gasteiger partial charge in [-0.25, -0.2) is 17.6 Å². The lowest BCUT2D eigenvalue weighted by atomic mass is 10.1. The molecule has 0 spiro atoms. The van der Waals surface area contributed by atoms with Gasteiger partial charge in [-0.05, 0) is 6.92 Å². The molecule has 0 aliphatic carbocycles. The largest absolute Gasteiger partial charge is 0.203 e. The standard InChI is InChI=1S/C8H5F4I/c1-3-5(9)7(11)4(2-13)8(12)6(3)10/h2H2,1H3. The maximum absolute atomic E-state index is 12.9. The van der Waals surface area contributed by atoms with Crippen molar-refractivity contribution in [1.29, 1.82) is 0 Å². The summed E-state index contributed by atoms with van der Waals surface area (Å²) in [6.45, 7) is 0.994. The third-order valence-corrected chi connectivity index (χ3v) is 2.47. The molecule has 0 amide bonds. The monoisotopic (exact) mass is 304 g/mol. The van der Waals surface area contributed by atoms with E-state index < -0.39 is 34.4 Å². The molecule has 0 atom stereocenters. The molecular weight excluding hydrogens is 299 g/mol. The van der Waals surface area contributed by atoms with E-state index in [0.717, 1.165) is 6.92 Å². The van der Waals surface area contributed by atoms with Crippen molar-refractivity contribution in [3.8, 4) is 0 Å². The fourth-order valence-corrected chi connectivity index (χ4v) is 1.57. The SMILES string of the molecule is Cc1c(F)c(F)c(CI)c(F)c1F. The van der Waals surface area contributed by atoms with E-state index in [1.54, 1.807) is 22.6 Å². The molecule has 0 saturated heterocycles. The minimum absolute atomic E-state index is 0.108. The summed E-state index contributed by atoms with van der Waals surface area (Å²) in [5.74, 6) is -5.23. The first kappa shape index (κ1) is 10.7. The van der Waals surface area contributed by atoms with Crippen LogP contribution in [0.5, 0.6) is 0 Å². The van der Waals surface area contributed by atoms with Crippen LogP contribution in [-0.2, 0) is 4.43 Å². The van der Waals surface area contributed by atoms with Crippen LogP contribution in [0.3, 0.4) is 0 Å². The molecule has 0 saturated carbocycles. The predicted molar refractivity (Wildman–Crippen MR) is 48.7 cm³/mol. The van der Waals surface area contributed by atoms with E-state index in [1.165, 1.54) is 0 Å². The third-order valence-electron chi connectivity index (χ3n) is 1.71. The summed E-state index contributed by atoms with van der Waals surface area (Å²) in [5, 5.41) is 0. The highest BCUT2D eigenvalue weighted by Crippen LogP contribution is 2.24. The third kappa shape index (κ3) is 1.66. The normalized spacial score (nSPS) is 10.6. The number of benzene rings is 1. The lowest BCUT2D eigenvalue weighted by Crippen LogP contribution is -2.04. The number of rotatable bonds is 1. The Kier molecular flexibility index (Phi) is 3.15. The Hall–Kier alpha value is -0.330. The van der Waals surface area contributed by atoms with E-state index in [-0.39, 0.29) is 4.43 Å². The van der Waals surface area contributed by atoms with Crippen LogP contribution in [0.1, 0.15) is 11.1 Å².